The maximum Gasteiger partial charge on any atom is 0.220 e. The number of hydrogen-bond donors (Lipinski definition) is 1. The van der Waals surface area contributed by atoms with E-state index < -0.39 is 0 Å². The molecule has 5 heteroatoms. The molecule has 0 saturated carbocycles. The van der Waals surface area contributed by atoms with Gasteiger partial charge in [0.15, 0.2) is 5.78 Å². The highest BCUT2D eigenvalue weighted by Crippen LogP contribution is 2.37. The molecule has 28 heavy (non-hydrogen) atoms. The van der Waals surface area contributed by atoms with Gasteiger partial charge in [0.2, 0.25) is 5.91 Å². The number of amides is 1. The lowest BCUT2D eigenvalue weighted by molar-refractivity contribution is -0.121. The Morgan fingerprint density at radius 2 is 1.89 bits per heavy atom. The summed E-state index contributed by atoms with van der Waals surface area (Å²) in [6, 6.07) is 10.8. The molecule has 0 saturated heterocycles. The molecular formula is C23H24FNO2S. The molecule has 2 aromatic rings. The van der Waals surface area contributed by atoms with Crippen molar-refractivity contribution in [3.05, 3.63) is 64.5 Å². The van der Waals surface area contributed by atoms with E-state index >= 15 is 0 Å². The Morgan fingerprint density at radius 1 is 1.07 bits per heavy atom. The summed E-state index contributed by atoms with van der Waals surface area (Å²) in [7, 11) is 0. The van der Waals surface area contributed by atoms with Crippen LogP contribution in [0.4, 0.5) is 4.39 Å². The Balaban J connectivity index is 1.35. The van der Waals surface area contributed by atoms with E-state index in [0.717, 1.165) is 30.6 Å². The Bertz CT molecular complexity index is 911. The molecule has 1 N–H and O–H groups in total. The van der Waals surface area contributed by atoms with Gasteiger partial charge >= 0.3 is 0 Å². The molecule has 1 aliphatic carbocycles. The van der Waals surface area contributed by atoms with Crippen molar-refractivity contribution in [1.29, 1.82) is 0 Å². The topological polar surface area (TPSA) is 46.2 Å². The minimum atomic E-state index is -0.232. The third kappa shape index (κ3) is 4.14. The number of rotatable bonds is 5. The van der Waals surface area contributed by atoms with Crippen molar-refractivity contribution in [3.8, 4) is 0 Å². The standard InChI is InChI=1S/C23H24FNO2S/c24-19-7-3-6-18-20(12-13-28-23(18)19)25-22(27)11-10-21(26)17-9-8-15-4-1-2-5-16(15)14-17/h3,6-9,14,20H,1-2,4-5,10-13H2,(H,25,27). The molecule has 0 aromatic heterocycles. The van der Waals surface area contributed by atoms with Gasteiger partial charge in [0, 0.05) is 29.1 Å². The first-order valence-electron chi connectivity index (χ1n) is 9.97. The van der Waals surface area contributed by atoms with Gasteiger partial charge in [-0.05, 0) is 60.9 Å². The van der Waals surface area contributed by atoms with Crippen LogP contribution in [-0.4, -0.2) is 17.4 Å². The molecule has 0 fully saturated rings. The molecule has 1 aliphatic heterocycles. The van der Waals surface area contributed by atoms with Crippen molar-refractivity contribution in [2.24, 2.45) is 0 Å². The third-order valence-electron chi connectivity index (χ3n) is 5.61. The van der Waals surface area contributed by atoms with Gasteiger partial charge in [0.25, 0.3) is 0 Å². The zero-order chi connectivity index (χ0) is 19.5. The fourth-order valence-corrected chi connectivity index (χ4v) is 5.22. The molecule has 0 radical (unpaired) electrons. The van der Waals surface area contributed by atoms with Crippen molar-refractivity contribution in [3.63, 3.8) is 0 Å². The first-order chi connectivity index (χ1) is 13.6. The lowest BCUT2D eigenvalue weighted by Gasteiger charge is -2.26. The quantitative estimate of drug-likeness (QED) is 0.721. The van der Waals surface area contributed by atoms with E-state index in [9.17, 15) is 14.0 Å². The Labute approximate surface area is 169 Å². The highest BCUT2D eigenvalue weighted by atomic mass is 32.2. The van der Waals surface area contributed by atoms with E-state index in [-0.39, 0.29) is 36.4 Å². The second-order valence-electron chi connectivity index (χ2n) is 7.53. The van der Waals surface area contributed by atoms with Crippen molar-refractivity contribution in [2.75, 3.05) is 5.75 Å². The van der Waals surface area contributed by atoms with Crippen molar-refractivity contribution >= 4 is 23.5 Å². The van der Waals surface area contributed by atoms with E-state index in [1.165, 1.54) is 41.8 Å². The fraction of sp³-hybridized carbons (Fsp3) is 0.391. The smallest absolute Gasteiger partial charge is 0.220 e. The summed E-state index contributed by atoms with van der Waals surface area (Å²) in [5.74, 6) is 0.393. The molecule has 0 bridgehead atoms. The predicted octanol–water partition coefficient (Wildman–Crippen LogP) is 5.02. The van der Waals surface area contributed by atoms with Crippen LogP contribution in [0.25, 0.3) is 0 Å². The van der Waals surface area contributed by atoms with Gasteiger partial charge in [-0.25, -0.2) is 4.39 Å². The van der Waals surface area contributed by atoms with Crippen LogP contribution in [0, 0.1) is 5.82 Å². The van der Waals surface area contributed by atoms with Crippen LogP contribution in [0.1, 0.15) is 65.2 Å². The molecule has 3 nitrogen and oxygen atoms in total. The van der Waals surface area contributed by atoms with E-state index in [1.54, 1.807) is 6.07 Å². The first-order valence-corrected chi connectivity index (χ1v) is 11.0. The first kappa shape index (κ1) is 19.2. The number of hydrogen-bond acceptors (Lipinski definition) is 3. The lowest BCUT2D eigenvalue weighted by Crippen LogP contribution is -2.31. The molecule has 2 aromatic carbocycles. The van der Waals surface area contributed by atoms with Crippen LogP contribution in [0.5, 0.6) is 0 Å². The van der Waals surface area contributed by atoms with Crippen molar-refractivity contribution in [1.82, 2.24) is 5.32 Å². The molecule has 1 unspecified atom stereocenters. The maximum atomic E-state index is 14.0. The number of halogens is 1. The largest absolute Gasteiger partial charge is 0.349 e. The van der Waals surface area contributed by atoms with Crippen LogP contribution in [0.2, 0.25) is 0 Å². The summed E-state index contributed by atoms with van der Waals surface area (Å²) in [5.41, 5.74) is 4.17. The lowest BCUT2D eigenvalue weighted by atomic mass is 9.89. The molecule has 1 atom stereocenters. The van der Waals surface area contributed by atoms with Gasteiger partial charge in [0.1, 0.15) is 5.82 Å². The van der Waals surface area contributed by atoms with Gasteiger partial charge in [-0.2, -0.15) is 0 Å². The Morgan fingerprint density at radius 3 is 2.75 bits per heavy atom. The summed E-state index contributed by atoms with van der Waals surface area (Å²) in [4.78, 5) is 25.6. The second-order valence-corrected chi connectivity index (χ2v) is 8.63. The number of fused-ring (bicyclic) bond motifs is 2. The summed E-state index contributed by atoms with van der Waals surface area (Å²) in [6.07, 6.45) is 5.64. The summed E-state index contributed by atoms with van der Waals surface area (Å²) >= 11 is 1.49. The van der Waals surface area contributed by atoms with Crippen LogP contribution in [0.15, 0.2) is 41.3 Å². The number of carbonyl (C=O) groups excluding carboxylic acids is 2. The van der Waals surface area contributed by atoms with Gasteiger partial charge in [0.05, 0.1) is 6.04 Å². The number of benzene rings is 2. The van der Waals surface area contributed by atoms with E-state index in [2.05, 4.69) is 11.4 Å². The van der Waals surface area contributed by atoms with E-state index in [1.807, 2.05) is 18.2 Å². The normalized spacial score (nSPS) is 18.1. The fourth-order valence-electron chi connectivity index (χ4n) is 4.08. The summed E-state index contributed by atoms with van der Waals surface area (Å²) in [6.45, 7) is 0. The average Bonchev–Trinajstić information content (AvgIpc) is 2.72. The number of ketones is 1. The van der Waals surface area contributed by atoms with Crippen LogP contribution >= 0.6 is 11.8 Å². The van der Waals surface area contributed by atoms with Gasteiger partial charge < -0.3 is 5.32 Å². The Hall–Kier alpha value is -2.14. The maximum absolute atomic E-state index is 14.0. The summed E-state index contributed by atoms with van der Waals surface area (Å²) in [5, 5.41) is 2.99. The molecule has 0 spiro atoms. The highest BCUT2D eigenvalue weighted by Gasteiger charge is 2.24. The van der Waals surface area contributed by atoms with E-state index in [0.29, 0.717) is 10.5 Å². The number of thioether (sulfide) groups is 1. The van der Waals surface area contributed by atoms with Gasteiger partial charge in [-0.1, -0.05) is 24.3 Å². The van der Waals surface area contributed by atoms with E-state index in [4.69, 9.17) is 0 Å². The molecule has 2 aliphatic rings. The minimum Gasteiger partial charge on any atom is -0.349 e. The monoisotopic (exact) mass is 397 g/mol. The second kappa shape index (κ2) is 8.48. The van der Waals surface area contributed by atoms with Gasteiger partial charge in [-0.3, -0.25) is 9.59 Å². The minimum absolute atomic E-state index is 0.00849. The molecular weight excluding hydrogens is 373 g/mol. The number of nitrogens with one attached hydrogen (secondary N) is 1. The third-order valence-corrected chi connectivity index (χ3v) is 6.77. The predicted molar refractivity (Wildman–Crippen MR) is 109 cm³/mol. The Kier molecular flexibility index (Phi) is 5.81. The van der Waals surface area contributed by atoms with Crippen molar-refractivity contribution < 1.29 is 14.0 Å². The van der Waals surface area contributed by atoms with Crippen LogP contribution in [0.3, 0.4) is 0 Å². The SMILES string of the molecule is O=C(CCC(=O)c1ccc2c(c1)CCCC2)NC1CCSc2c(F)cccc21. The zero-order valence-electron chi connectivity index (χ0n) is 15.8. The zero-order valence-corrected chi connectivity index (χ0v) is 16.6. The van der Waals surface area contributed by atoms with Crippen LogP contribution < -0.4 is 5.32 Å². The summed E-state index contributed by atoms with van der Waals surface area (Å²) < 4.78 is 14.0. The molecule has 1 heterocycles. The molecule has 1 amide bonds. The van der Waals surface area contributed by atoms with Gasteiger partial charge in [-0.15, -0.1) is 11.8 Å². The average molecular weight is 398 g/mol. The molecule has 4 rings (SSSR count). The molecule has 146 valence electrons. The number of aryl methyl sites for hydroxylation is 2. The van der Waals surface area contributed by atoms with Crippen molar-refractivity contribution in [2.45, 2.75) is 55.9 Å². The van der Waals surface area contributed by atoms with Crippen LogP contribution in [-0.2, 0) is 17.6 Å². The number of carbonyl (C=O) groups is 2. The highest BCUT2D eigenvalue weighted by molar-refractivity contribution is 7.99. The number of Topliss-reactive ketones (excluding diaryl/α,β-unsaturated/α-hetero) is 1.